The molecule has 3 rings (SSSR count). The molecule has 5 heteroatoms. The minimum Gasteiger partial charge on any atom is -0.356 e. The maximum Gasteiger partial charge on any atom is 0.220 e. The van der Waals surface area contributed by atoms with Gasteiger partial charge in [-0.15, -0.1) is 0 Å². The number of pyridine rings is 1. The third kappa shape index (κ3) is 4.15. The van der Waals surface area contributed by atoms with Gasteiger partial charge in [-0.1, -0.05) is 35.9 Å². The first kappa shape index (κ1) is 16.5. The second kappa shape index (κ2) is 7.49. The van der Waals surface area contributed by atoms with E-state index in [9.17, 15) is 4.79 Å². The highest BCUT2D eigenvalue weighted by Crippen LogP contribution is 2.12. The average molecular weight is 342 g/mol. The zero-order chi connectivity index (χ0) is 16.9. The molecule has 1 aromatic carbocycles. The smallest absolute Gasteiger partial charge is 0.220 e. The van der Waals surface area contributed by atoms with Crippen LogP contribution in [0.5, 0.6) is 0 Å². The second-order valence-corrected chi connectivity index (χ2v) is 6.31. The van der Waals surface area contributed by atoms with Crippen molar-refractivity contribution in [1.82, 2.24) is 14.7 Å². The average Bonchev–Trinajstić information content (AvgIpc) is 2.96. The Labute approximate surface area is 146 Å². The molecule has 0 bridgehead atoms. The fourth-order valence-electron chi connectivity index (χ4n) is 2.69. The molecule has 0 saturated heterocycles. The highest BCUT2D eigenvalue weighted by atomic mass is 35.5. The van der Waals surface area contributed by atoms with Gasteiger partial charge in [0.05, 0.1) is 10.7 Å². The normalized spacial score (nSPS) is 10.9. The first-order valence-electron chi connectivity index (χ1n) is 8.06. The van der Waals surface area contributed by atoms with Crippen LogP contribution >= 0.6 is 11.6 Å². The van der Waals surface area contributed by atoms with Gasteiger partial charge in [0, 0.05) is 31.8 Å². The van der Waals surface area contributed by atoms with Gasteiger partial charge in [-0.05, 0) is 36.6 Å². The predicted molar refractivity (Wildman–Crippen MR) is 96.4 cm³/mol. The zero-order valence-electron chi connectivity index (χ0n) is 13.6. The maximum absolute atomic E-state index is 12.0. The first-order chi connectivity index (χ1) is 11.6. The largest absolute Gasteiger partial charge is 0.356 e. The van der Waals surface area contributed by atoms with Crippen molar-refractivity contribution >= 4 is 23.2 Å². The van der Waals surface area contributed by atoms with Gasteiger partial charge < -0.3 is 9.72 Å². The highest BCUT2D eigenvalue weighted by Gasteiger charge is 2.06. The van der Waals surface area contributed by atoms with Gasteiger partial charge in [-0.25, -0.2) is 4.98 Å². The van der Waals surface area contributed by atoms with Gasteiger partial charge >= 0.3 is 0 Å². The first-order valence-corrected chi connectivity index (χ1v) is 8.44. The van der Waals surface area contributed by atoms with Crippen LogP contribution in [0, 0.1) is 6.92 Å². The number of halogens is 1. The molecule has 0 unspecified atom stereocenters. The molecule has 4 nitrogen and oxygen atoms in total. The van der Waals surface area contributed by atoms with Crippen LogP contribution in [-0.2, 0) is 17.6 Å². The Morgan fingerprint density at radius 2 is 2.00 bits per heavy atom. The van der Waals surface area contributed by atoms with E-state index < -0.39 is 0 Å². The standard InChI is InChI=1S/C19H20ClN3O/c1-14-4-2-3-5-15(14)6-9-19(24)21-11-10-17-13-23-12-16(20)7-8-18(23)22-17/h2-5,7-8,12-13H,6,9-11H2,1H3,(H,21,24). The zero-order valence-corrected chi connectivity index (χ0v) is 14.4. The molecule has 0 aliphatic rings. The molecule has 0 atom stereocenters. The minimum atomic E-state index is 0.0741. The van der Waals surface area contributed by atoms with E-state index in [-0.39, 0.29) is 5.91 Å². The lowest BCUT2D eigenvalue weighted by Gasteiger charge is -2.06. The topological polar surface area (TPSA) is 46.4 Å². The van der Waals surface area contributed by atoms with Gasteiger partial charge in [0.25, 0.3) is 0 Å². The predicted octanol–water partition coefficient (Wildman–Crippen LogP) is 3.59. The van der Waals surface area contributed by atoms with Crippen LogP contribution < -0.4 is 5.32 Å². The van der Waals surface area contributed by atoms with E-state index in [4.69, 9.17) is 11.6 Å². The summed E-state index contributed by atoms with van der Waals surface area (Å²) in [4.78, 5) is 16.5. The lowest BCUT2D eigenvalue weighted by molar-refractivity contribution is -0.121. The Kier molecular flexibility index (Phi) is 5.16. The second-order valence-electron chi connectivity index (χ2n) is 5.87. The van der Waals surface area contributed by atoms with Crippen molar-refractivity contribution in [3.63, 3.8) is 0 Å². The molecule has 1 N–H and O–H groups in total. The van der Waals surface area contributed by atoms with Crippen molar-refractivity contribution < 1.29 is 4.79 Å². The number of benzene rings is 1. The molecular formula is C19H20ClN3O. The van der Waals surface area contributed by atoms with E-state index in [1.54, 1.807) is 0 Å². The molecule has 2 heterocycles. The van der Waals surface area contributed by atoms with E-state index in [1.807, 2.05) is 41.1 Å². The van der Waals surface area contributed by atoms with Crippen molar-refractivity contribution in [2.75, 3.05) is 6.54 Å². The van der Waals surface area contributed by atoms with Crippen LogP contribution in [0.1, 0.15) is 23.2 Å². The number of imidazole rings is 1. The Morgan fingerprint density at radius 3 is 2.83 bits per heavy atom. The highest BCUT2D eigenvalue weighted by molar-refractivity contribution is 6.30. The minimum absolute atomic E-state index is 0.0741. The molecule has 1 amide bonds. The molecule has 0 radical (unpaired) electrons. The van der Waals surface area contributed by atoms with Gasteiger partial charge in [-0.3, -0.25) is 4.79 Å². The van der Waals surface area contributed by atoms with Crippen molar-refractivity contribution in [1.29, 1.82) is 0 Å². The number of rotatable bonds is 6. The summed E-state index contributed by atoms with van der Waals surface area (Å²) in [6.45, 7) is 2.66. The van der Waals surface area contributed by atoms with E-state index in [1.165, 1.54) is 11.1 Å². The van der Waals surface area contributed by atoms with Gasteiger partial charge in [0.2, 0.25) is 5.91 Å². The third-order valence-electron chi connectivity index (χ3n) is 4.05. The van der Waals surface area contributed by atoms with Crippen molar-refractivity contribution in [2.24, 2.45) is 0 Å². The Bertz CT molecular complexity index is 857. The third-order valence-corrected chi connectivity index (χ3v) is 4.27. The van der Waals surface area contributed by atoms with Crippen molar-refractivity contribution in [2.45, 2.75) is 26.2 Å². The number of aryl methyl sites for hydroxylation is 2. The van der Waals surface area contributed by atoms with Crippen LogP contribution in [0.4, 0.5) is 0 Å². The van der Waals surface area contributed by atoms with Crippen LogP contribution in [0.3, 0.4) is 0 Å². The summed E-state index contributed by atoms with van der Waals surface area (Å²) in [5.74, 6) is 0.0741. The van der Waals surface area contributed by atoms with Crippen LogP contribution in [0.2, 0.25) is 5.02 Å². The van der Waals surface area contributed by atoms with Gasteiger partial charge in [0.1, 0.15) is 5.65 Å². The summed E-state index contributed by atoms with van der Waals surface area (Å²) in [6.07, 6.45) is 5.75. The molecular weight excluding hydrogens is 322 g/mol. The van der Waals surface area contributed by atoms with E-state index in [2.05, 4.69) is 29.4 Å². The molecule has 24 heavy (non-hydrogen) atoms. The monoisotopic (exact) mass is 341 g/mol. The molecule has 0 aliphatic heterocycles. The lowest BCUT2D eigenvalue weighted by Crippen LogP contribution is -2.26. The fourth-order valence-corrected chi connectivity index (χ4v) is 2.86. The van der Waals surface area contributed by atoms with Gasteiger partial charge in [0.15, 0.2) is 0 Å². The fraction of sp³-hybridized carbons (Fsp3) is 0.263. The quantitative estimate of drug-likeness (QED) is 0.744. The Morgan fingerprint density at radius 1 is 1.17 bits per heavy atom. The number of aromatic nitrogens is 2. The summed E-state index contributed by atoms with van der Waals surface area (Å²) in [5.41, 5.74) is 4.26. The van der Waals surface area contributed by atoms with E-state index in [0.717, 1.165) is 17.8 Å². The lowest BCUT2D eigenvalue weighted by atomic mass is 10.0. The molecule has 0 saturated carbocycles. The number of carbonyl (C=O) groups excluding carboxylic acids is 1. The number of fused-ring (bicyclic) bond motifs is 1. The molecule has 2 aromatic heterocycles. The number of amides is 1. The number of nitrogens with zero attached hydrogens (tertiary/aromatic N) is 2. The molecule has 124 valence electrons. The Balaban J connectivity index is 1.47. The maximum atomic E-state index is 12.0. The van der Waals surface area contributed by atoms with Crippen LogP contribution in [0.15, 0.2) is 48.8 Å². The van der Waals surface area contributed by atoms with E-state index in [0.29, 0.717) is 24.4 Å². The Hall–Kier alpha value is -2.33. The van der Waals surface area contributed by atoms with Gasteiger partial charge in [-0.2, -0.15) is 0 Å². The number of carbonyl (C=O) groups is 1. The van der Waals surface area contributed by atoms with E-state index >= 15 is 0 Å². The molecule has 0 fully saturated rings. The number of nitrogens with one attached hydrogen (secondary N) is 1. The SMILES string of the molecule is Cc1ccccc1CCC(=O)NCCc1cn2cc(Cl)ccc2n1. The summed E-state index contributed by atoms with van der Waals surface area (Å²) in [6, 6.07) is 11.9. The van der Waals surface area contributed by atoms with Crippen LogP contribution in [0.25, 0.3) is 5.65 Å². The number of hydrogen-bond donors (Lipinski definition) is 1. The molecule has 0 aliphatic carbocycles. The van der Waals surface area contributed by atoms with Crippen molar-refractivity contribution in [3.05, 3.63) is 70.6 Å². The number of hydrogen-bond acceptors (Lipinski definition) is 2. The summed E-state index contributed by atoms with van der Waals surface area (Å²) < 4.78 is 1.90. The van der Waals surface area contributed by atoms with Crippen LogP contribution in [-0.4, -0.2) is 21.8 Å². The summed E-state index contributed by atoms with van der Waals surface area (Å²) in [5, 5.41) is 3.64. The summed E-state index contributed by atoms with van der Waals surface area (Å²) in [7, 11) is 0. The summed E-state index contributed by atoms with van der Waals surface area (Å²) >= 11 is 5.96. The molecule has 0 spiro atoms. The molecule has 3 aromatic rings. The van der Waals surface area contributed by atoms with Crippen molar-refractivity contribution in [3.8, 4) is 0 Å².